The van der Waals surface area contributed by atoms with Gasteiger partial charge in [-0.2, -0.15) is 0 Å². The summed E-state index contributed by atoms with van der Waals surface area (Å²) in [7, 11) is 1.57. The largest absolute Gasteiger partial charge is 0.495 e. The fourth-order valence-corrected chi connectivity index (χ4v) is 2.66. The van der Waals surface area contributed by atoms with Gasteiger partial charge in [0.25, 0.3) is 5.91 Å². The maximum atomic E-state index is 12.4. The van der Waals surface area contributed by atoms with Crippen LogP contribution in [-0.4, -0.2) is 23.0 Å². The minimum atomic E-state index is -0.268. The van der Waals surface area contributed by atoms with Crippen LogP contribution in [0.2, 0.25) is 5.02 Å². The molecule has 0 atom stereocenters. The number of ether oxygens (including phenoxy) is 1. The van der Waals surface area contributed by atoms with Gasteiger partial charge in [-0.1, -0.05) is 23.7 Å². The van der Waals surface area contributed by atoms with Crippen LogP contribution in [-0.2, 0) is 0 Å². The highest BCUT2D eigenvalue weighted by Crippen LogP contribution is 2.29. The molecule has 3 aromatic rings. The number of aryl methyl sites for hydroxylation is 1. The molecule has 0 spiro atoms. The maximum Gasteiger partial charge on any atom is 0.258 e. The van der Waals surface area contributed by atoms with E-state index in [1.807, 2.05) is 32.0 Å². The zero-order valence-corrected chi connectivity index (χ0v) is 16.0. The number of aromatic nitrogens is 2. The molecule has 0 aliphatic carbocycles. The van der Waals surface area contributed by atoms with Crippen molar-refractivity contribution in [2.45, 2.75) is 13.8 Å². The van der Waals surface area contributed by atoms with Gasteiger partial charge in [0.1, 0.15) is 5.75 Å². The number of amides is 1. The van der Waals surface area contributed by atoms with Gasteiger partial charge in [0.05, 0.1) is 18.4 Å². The number of halogens is 1. The molecule has 2 N–H and O–H groups in total. The molecule has 1 heterocycles. The van der Waals surface area contributed by atoms with E-state index in [9.17, 15) is 4.79 Å². The van der Waals surface area contributed by atoms with Crippen LogP contribution in [0.1, 0.15) is 21.5 Å². The van der Waals surface area contributed by atoms with E-state index < -0.39 is 0 Å². The molecule has 2 aromatic carbocycles. The Labute approximate surface area is 162 Å². The first kappa shape index (κ1) is 18.7. The standard InChI is InChI=1S/C20H19ClN4O2/c1-12-5-4-6-16(13(12)2)24-19(26)14-10-22-20(23-11-14)25-17-9-15(21)7-8-18(17)27-3/h4-11H,1-3H3,(H,24,26)(H,22,23,25). The van der Waals surface area contributed by atoms with Crippen molar-refractivity contribution >= 4 is 34.8 Å². The van der Waals surface area contributed by atoms with Gasteiger partial charge in [-0.05, 0) is 49.2 Å². The molecule has 1 aromatic heterocycles. The van der Waals surface area contributed by atoms with E-state index in [1.54, 1.807) is 25.3 Å². The highest BCUT2D eigenvalue weighted by Gasteiger charge is 2.11. The van der Waals surface area contributed by atoms with E-state index >= 15 is 0 Å². The van der Waals surface area contributed by atoms with Crippen molar-refractivity contribution in [1.29, 1.82) is 0 Å². The van der Waals surface area contributed by atoms with Gasteiger partial charge >= 0.3 is 0 Å². The molecule has 6 nitrogen and oxygen atoms in total. The molecule has 27 heavy (non-hydrogen) atoms. The van der Waals surface area contributed by atoms with Gasteiger partial charge in [0, 0.05) is 23.1 Å². The number of rotatable bonds is 5. The van der Waals surface area contributed by atoms with Crippen LogP contribution in [0.3, 0.4) is 0 Å². The monoisotopic (exact) mass is 382 g/mol. The van der Waals surface area contributed by atoms with Crippen LogP contribution in [0.25, 0.3) is 0 Å². The number of carbonyl (C=O) groups is 1. The van der Waals surface area contributed by atoms with Gasteiger partial charge in [-0.15, -0.1) is 0 Å². The first-order valence-electron chi connectivity index (χ1n) is 8.28. The van der Waals surface area contributed by atoms with Gasteiger partial charge in [-0.3, -0.25) is 4.79 Å². The predicted octanol–water partition coefficient (Wildman–Crippen LogP) is 4.75. The second-order valence-corrected chi connectivity index (χ2v) is 6.40. The molecule has 138 valence electrons. The summed E-state index contributed by atoms with van der Waals surface area (Å²) in [5.74, 6) is 0.675. The van der Waals surface area contributed by atoms with E-state index in [0.717, 1.165) is 16.8 Å². The first-order chi connectivity index (χ1) is 13.0. The van der Waals surface area contributed by atoms with Crippen LogP contribution < -0.4 is 15.4 Å². The molecular formula is C20H19ClN4O2. The van der Waals surface area contributed by atoms with Gasteiger partial charge in [0.2, 0.25) is 5.95 Å². The lowest BCUT2D eigenvalue weighted by molar-refractivity contribution is 0.102. The summed E-state index contributed by atoms with van der Waals surface area (Å²) in [4.78, 5) is 20.8. The van der Waals surface area contributed by atoms with E-state index in [4.69, 9.17) is 16.3 Å². The van der Waals surface area contributed by atoms with Crippen molar-refractivity contribution in [2.24, 2.45) is 0 Å². The third-order valence-electron chi connectivity index (χ3n) is 4.17. The van der Waals surface area contributed by atoms with Crippen molar-refractivity contribution < 1.29 is 9.53 Å². The van der Waals surface area contributed by atoms with E-state index in [-0.39, 0.29) is 5.91 Å². The van der Waals surface area contributed by atoms with Crippen molar-refractivity contribution in [3.05, 3.63) is 70.5 Å². The summed E-state index contributed by atoms with van der Waals surface area (Å²) in [6.45, 7) is 3.96. The van der Waals surface area contributed by atoms with Crippen LogP contribution in [0.15, 0.2) is 48.8 Å². The molecule has 0 fully saturated rings. The van der Waals surface area contributed by atoms with E-state index in [1.165, 1.54) is 12.4 Å². The topological polar surface area (TPSA) is 76.1 Å². The summed E-state index contributed by atoms with van der Waals surface area (Å²) < 4.78 is 5.28. The number of hydrogen-bond acceptors (Lipinski definition) is 5. The zero-order chi connectivity index (χ0) is 19.4. The second-order valence-electron chi connectivity index (χ2n) is 5.97. The number of carbonyl (C=O) groups excluding carboxylic acids is 1. The third kappa shape index (κ3) is 4.35. The number of hydrogen-bond donors (Lipinski definition) is 2. The fourth-order valence-electron chi connectivity index (χ4n) is 2.49. The molecule has 0 bridgehead atoms. The second kappa shape index (κ2) is 8.05. The lowest BCUT2D eigenvalue weighted by Crippen LogP contribution is -2.14. The average molecular weight is 383 g/mol. The lowest BCUT2D eigenvalue weighted by atomic mass is 10.1. The molecule has 1 amide bonds. The molecule has 3 rings (SSSR count). The van der Waals surface area contributed by atoms with Crippen molar-refractivity contribution in [3.63, 3.8) is 0 Å². The number of methoxy groups -OCH3 is 1. The SMILES string of the molecule is COc1ccc(Cl)cc1Nc1ncc(C(=O)Nc2cccc(C)c2C)cn1. The summed E-state index contributed by atoms with van der Waals surface area (Å²) in [6, 6.07) is 11.0. The van der Waals surface area contributed by atoms with Gasteiger partial charge < -0.3 is 15.4 Å². The quantitative estimate of drug-likeness (QED) is 0.665. The summed E-state index contributed by atoms with van der Waals surface area (Å²) >= 11 is 6.02. The number of nitrogens with zero attached hydrogens (tertiary/aromatic N) is 2. The fraction of sp³-hybridized carbons (Fsp3) is 0.150. The van der Waals surface area contributed by atoms with Crippen LogP contribution in [0.5, 0.6) is 5.75 Å². The van der Waals surface area contributed by atoms with Crippen molar-refractivity contribution in [3.8, 4) is 5.75 Å². The molecular weight excluding hydrogens is 364 g/mol. The van der Waals surface area contributed by atoms with Crippen LogP contribution >= 0.6 is 11.6 Å². The molecule has 0 aliphatic heterocycles. The third-order valence-corrected chi connectivity index (χ3v) is 4.41. The minimum absolute atomic E-state index is 0.268. The smallest absolute Gasteiger partial charge is 0.258 e. The lowest BCUT2D eigenvalue weighted by Gasteiger charge is -2.11. The predicted molar refractivity (Wildman–Crippen MR) is 107 cm³/mol. The average Bonchev–Trinajstić information content (AvgIpc) is 2.66. The Morgan fingerprint density at radius 1 is 1.07 bits per heavy atom. The molecule has 0 aliphatic rings. The molecule has 7 heteroatoms. The van der Waals surface area contributed by atoms with Gasteiger partial charge in [-0.25, -0.2) is 9.97 Å². The van der Waals surface area contributed by atoms with Crippen molar-refractivity contribution in [1.82, 2.24) is 9.97 Å². The maximum absolute atomic E-state index is 12.4. The molecule has 0 saturated heterocycles. The van der Waals surface area contributed by atoms with Crippen LogP contribution in [0.4, 0.5) is 17.3 Å². The first-order valence-corrected chi connectivity index (χ1v) is 8.66. The number of nitrogens with one attached hydrogen (secondary N) is 2. The Morgan fingerprint density at radius 3 is 2.52 bits per heavy atom. The molecule has 0 unspecified atom stereocenters. The summed E-state index contributed by atoms with van der Waals surface area (Å²) in [6.07, 6.45) is 2.93. The van der Waals surface area contributed by atoms with Gasteiger partial charge in [0.15, 0.2) is 0 Å². The van der Waals surface area contributed by atoms with E-state index in [0.29, 0.717) is 28.0 Å². The minimum Gasteiger partial charge on any atom is -0.495 e. The Bertz CT molecular complexity index is 974. The highest BCUT2D eigenvalue weighted by molar-refractivity contribution is 6.31. The molecule has 0 radical (unpaired) electrons. The Hall–Kier alpha value is -3.12. The Balaban J connectivity index is 1.74. The van der Waals surface area contributed by atoms with Crippen LogP contribution in [0, 0.1) is 13.8 Å². The van der Waals surface area contributed by atoms with Crippen molar-refractivity contribution in [2.75, 3.05) is 17.7 Å². The number of benzene rings is 2. The highest BCUT2D eigenvalue weighted by atomic mass is 35.5. The Morgan fingerprint density at radius 2 is 1.81 bits per heavy atom. The van der Waals surface area contributed by atoms with E-state index in [2.05, 4.69) is 20.6 Å². The zero-order valence-electron chi connectivity index (χ0n) is 15.2. The number of anilines is 3. The summed E-state index contributed by atoms with van der Waals surface area (Å²) in [5, 5.41) is 6.48. The normalized spacial score (nSPS) is 10.4. The Kier molecular flexibility index (Phi) is 5.57. The molecule has 0 saturated carbocycles. The summed E-state index contributed by atoms with van der Waals surface area (Å²) in [5.41, 5.74) is 3.90.